The van der Waals surface area contributed by atoms with E-state index in [0.717, 1.165) is 0 Å². The number of carbonyl (C=O) groups is 1. The normalized spacial score (nSPS) is 11.4. The number of aromatic nitrogens is 4. The molecule has 0 aliphatic rings. The number of thioether (sulfide) groups is 1. The molecule has 0 aliphatic heterocycles. The SMILES string of the molecule is CCSc1c(OCC(F)(F)F)ccc(C(=O)Nc2nnnn2C)c1Cl. The molecule has 0 spiro atoms. The first-order chi connectivity index (χ1) is 11.7. The van der Waals surface area contributed by atoms with Crippen LogP contribution >= 0.6 is 23.4 Å². The highest BCUT2D eigenvalue weighted by Gasteiger charge is 2.29. The summed E-state index contributed by atoms with van der Waals surface area (Å²) in [5.74, 6) is -0.00200. The lowest BCUT2D eigenvalue weighted by Gasteiger charge is -2.15. The molecule has 2 aromatic rings. The van der Waals surface area contributed by atoms with E-state index < -0.39 is 18.7 Å². The van der Waals surface area contributed by atoms with Crippen molar-refractivity contribution in [2.75, 3.05) is 17.7 Å². The molecule has 1 amide bonds. The minimum absolute atomic E-state index is 0.000785. The van der Waals surface area contributed by atoms with Gasteiger partial charge in [-0.25, -0.2) is 4.68 Å². The zero-order valence-electron chi connectivity index (χ0n) is 13.1. The van der Waals surface area contributed by atoms with E-state index in [1.807, 2.05) is 0 Å². The quantitative estimate of drug-likeness (QED) is 0.756. The molecule has 0 aliphatic carbocycles. The molecule has 1 aromatic carbocycles. The summed E-state index contributed by atoms with van der Waals surface area (Å²) in [4.78, 5) is 12.6. The molecule has 0 saturated carbocycles. The third kappa shape index (κ3) is 4.98. The number of hydrogen-bond acceptors (Lipinski definition) is 6. The molecule has 1 N–H and O–H groups in total. The van der Waals surface area contributed by atoms with Crippen LogP contribution in [0, 0.1) is 0 Å². The van der Waals surface area contributed by atoms with E-state index >= 15 is 0 Å². The number of halogens is 4. The van der Waals surface area contributed by atoms with Gasteiger partial charge in [0.1, 0.15) is 5.75 Å². The third-order valence-electron chi connectivity index (χ3n) is 2.83. The van der Waals surface area contributed by atoms with Gasteiger partial charge in [-0.3, -0.25) is 10.1 Å². The summed E-state index contributed by atoms with van der Waals surface area (Å²) in [5, 5.41) is 13.0. The van der Waals surface area contributed by atoms with Crippen LogP contribution in [0.25, 0.3) is 0 Å². The van der Waals surface area contributed by atoms with Gasteiger partial charge in [-0.15, -0.1) is 11.8 Å². The topological polar surface area (TPSA) is 81.9 Å². The van der Waals surface area contributed by atoms with Crippen molar-refractivity contribution in [2.45, 2.75) is 18.0 Å². The molecule has 7 nitrogen and oxygen atoms in total. The number of aryl methyl sites for hydroxylation is 1. The van der Waals surface area contributed by atoms with Crippen molar-refractivity contribution in [3.8, 4) is 5.75 Å². The molecule has 0 atom stereocenters. The predicted molar refractivity (Wildman–Crippen MR) is 86.2 cm³/mol. The van der Waals surface area contributed by atoms with E-state index in [4.69, 9.17) is 16.3 Å². The first-order valence-electron chi connectivity index (χ1n) is 6.91. The minimum Gasteiger partial charge on any atom is -0.483 e. The molecule has 0 radical (unpaired) electrons. The molecule has 12 heteroatoms. The molecule has 2 rings (SSSR count). The van der Waals surface area contributed by atoms with Gasteiger partial charge in [0.25, 0.3) is 5.91 Å². The number of amides is 1. The Labute approximate surface area is 149 Å². The highest BCUT2D eigenvalue weighted by atomic mass is 35.5. The highest BCUT2D eigenvalue weighted by Crippen LogP contribution is 2.39. The first-order valence-corrected chi connectivity index (χ1v) is 8.27. The fourth-order valence-corrected chi connectivity index (χ4v) is 2.97. The fourth-order valence-electron chi connectivity index (χ4n) is 1.77. The van der Waals surface area contributed by atoms with Gasteiger partial charge in [0.15, 0.2) is 6.61 Å². The number of alkyl halides is 3. The van der Waals surface area contributed by atoms with Crippen molar-refractivity contribution in [3.05, 3.63) is 22.7 Å². The summed E-state index contributed by atoms with van der Waals surface area (Å²) in [6.45, 7) is 0.350. The summed E-state index contributed by atoms with van der Waals surface area (Å²) >= 11 is 7.39. The number of hydrogen-bond donors (Lipinski definition) is 1. The van der Waals surface area contributed by atoms with Crippen LogP contribution in [0.15, 0.2) is 17.0 Å². The lowest BCUT2D eigenvalue weighted by molar-refractivity contribution is -0.153. The number of rotatable bonds is 6. The van der Waals surface area contributed by atoms with Gasteiger partial charge in [0, 0.05) is 7.05 Å². The summed E-state index contributed by atoms with van der Waals surface area (Å²) in [5.41, 5.74) is 0.0694. The van der Waals surface area contributed by atoms with Crippen molar-refractivity contribution in [2.24, 2.45) is 7.05 Å². The maximum Gasteiger partial charge on any atom is 0.422 e. The molecular weight excluding hydrogens is 383 g/mol. The van der Waals surface area contributed by atoms with Crippen molar-refractivity contribution in [1.29, 1.82) is 0 Å². The van der Waals surface area contributed by atoms with Crippen LogP contribution < -0.4 is 10.1 Å². The van der Waals surface area contributed by atoms with E-state index in [2.05, 4.69) is 20.8 Å². The first kappa shape index (κ1) is 19.3. The van der Waals surface area contributed by atoms with Crippen LogP contribution in [0.2, 0.25) is 5.02 Å². The third-order valence-corrected chi connectivity index (χ3v) is 4.32. The molecule has 0 unspecified atom stereocenters. The van der Waals surface area contributed by atoms with E-state index in [9.17, 15) is 18.0 Å². The predicted octanol–water partition coefficient (Wildman–Crippen LogP) is 3.17. The number of anilines is 1. The Morgan fingerprint density at radius 3 is 2.72 bits per heavy atom. The van der Waals surface area contributed by atoms with Gasteiger partial charge < -0.3 is 4.74 Å². The van der Waals surface area contributed by atoms with Gasteiger partial charge in [-0.1, -0.05) is 23.6 Å². The van der Waals surface area contributed by atoms with Crippen molar-refractivity contribution in [1.82, 2.24) is 20.2 Å². The van der Waals surface area contributed by atoms with Crippen molar-refractivity contribution >= 4 is 35.2 Å². The summed E-state index contributed by atoms with van der Waals surface area (Å²) in [6.07, 6.45) is -4.48. The Morgan fingerprint density at radius 2 is 2.16 bits per heavy atom. The Kier molecular flexibility index (Phi) is 6.11. The van der Waals surface area contributed by atoms with Crippen molar-refractivity contribution in [3.63, 3.8) is 0 Å². The van der Waals surface area contributed by atoms with Gasteiger partial charge >= 0.3 is 6.18 Å². The second kappa shape index (κ2) is 7.91. The molecule has 0 saturated heterocycles. The van der Waals surface area contributed by atoms with E-state index in [0.29, 0.717) is 5.75 Å². The Hall–Kier alpha value is -2.01. The summed E-state index contributed by atoms with van der Waals surface area (Å²) in [6, 6.07) is 2.56. The second-order valence-electron chi connectivity index (χ2n) is 4.67. The Morgan fingerprint density at radius 1 is 1.44 bits per heavy atom. The molecular formula is C13H13ClF3N5O2S. The number of benzene rings is 1. The van der Waals surface area contributed by atoms with Gasteiger partial charge in [-0.05, 0) is 28.3 Å². The monoisotopic (exact) mass is 395 g/mol. The lowest BCUT2D eigenvalue weighted by Crippen LogP contribution is -2.20. The van der Waals surface area contributed by atoms with Crippen LogP contribution in [0.3, 0.4) is 0 Å². The Bertz CT molecular complexity index is 769. The highest BCUT2D eigenvalue weighted by molar-refractivity contribution is 7.99. The van der Waals surface area contributed by atoms with Gasteiger partial charge in [0.05, 0.1) is 15.5 Å². The molecule has 1 aromatic heterocycles. The molecule has 136 valence electrons. The Balaban J connectivity index is 2.29. The zero-order chi connectivity index (χ0) is 18.6. The summed E-state index contributed by atoms with van der Waals surface area (Å²) < 4.78 is 43.1. The number of nitrogens with one attached hydrogen (secondary N) is 1. The smallest absolute Gasteiger partial charge is 0.422 e. The van der Waals surface area contributed by atoms with Crippen LogP contribution in [0.5, 0.6) is 5.75 Å². The maximum absolute atomic E-state index is 12.4. The fraction of sp³-hybridized carbons (Fsp3) is 0.385. The average Bonchev–Trinajstić information content (AvgIpc) is 2.92. The van der Waals surface area contributed by atoms with Crippen LogP contribution in [0.1, 0.15) is 17.3 Å². The molecule has 25 heavy (non-hydrogen) atoms. The molecule has 1 heterocycles. The van der Waals surface area contributed by atoms with E-state index in [1.54, 1.807) is 6.92 Å². The maximum atomic E-state index is 12.4. The number of nitrogens with zero attached hydrogens (tertiary/aromatic N) is 4. The largest absolute Gasteiger partial charge is 0.483 e. The number of ether oxygens (including phenoxy) is 1. The van der Waals surface area contributed by atoms with Crippen molar-refractivity contribution < 1.29 is 22.7 Å². The summed E-state index contributed by atoms with van der Waals surface area (Å²) in [7, 11) is 1.53. The van der Waals surface area contributed by atoms with E-state index in [-0.39, 0.29) is 27.2 Å². The second-order valence-corrected chi connectivity index (χ2v) is 6.32. The lowest BCUT2D eigenvalue weighted by atomic mass is 10.2. The van der Waals surface area contributed by atoms with E-state index in [1.165, 1.54) is 35.6 Å². The van der Waals surface area contributed by atoms with Crippen LogP contribution in [0.4, 0.5) is 19.1 Å². The number of tetrazole rings is 1. The zero-order valence-corrected chi connectivity index (χ0v) is 14.7. The van der Waals surface area contributed by atoms with Crippen LogP contribution in [-0.2, 0) is 7.05 Å². The van der Waals surface area contributed by atoms with Gasteiger partial charge in [-0.2, -0.15) is 13.2 Å². The van der Waals surface area contributed by atoms with Gasteiger partial charge in [0.2, 0.25) is 5.95 Å². The molecule has 0 bridgehead atoms. The minimum atomic E-state index is -4.48. The van der Waals surface area contributed by atoms with Crippen LogP contribution in [-0.4, -0.2) is 44.7 Å². The average molecular weight is 396 g/mol. The molecule has 0 fully saturated rings. The standard InChI is InChI=1S/C13H13ClF3N5O2S/c1-3-25-10-8(24-6-13(15,16)17)5-4-7(9(10)14)11(23)18-12-19-20-21-22(12)2/h4-5H,3,6H2,1-2H3,(H,18,19,21,23). The number of carbonyl (C=O) groups excluding carboxylic acids is 1.